The highest BCUT2D eigenvalue weighted by Crippen LogP contribution is 2.27. The summed E-state index contributed by atoms with van der Waals surface area (Å²) in [6.45, 7) is 5.64. The Morgan fingerprint density at radius 1 is 1.18 bits per heavy atom. The predicted octanol–water partition coefficient (Wildman–Crippen LogP) is 0.0669. The lowest BCUT2D eigenvalue weighted by Gasteiger charge is -2.34. The van der Waals surface area contributed by atoms with Crippen molar-refractivity contribution in [2.24, 2.45) is 0 Å². The number of aliphatic hydroxyl groups is 1. The number of aryl methyl sites for hydroxylation is 1. The minimum Gasteiger partial charge on any atom is -0.390 e. The van der Waals surface area contributed by atoms with Crippen LogP contribution in [0.1, 0.15) is 18.2 Å². The van der Waals surface area contributed by atoms with Gasteiger partial charge in [-0.05, 0) is 38.2 Å². The van der Waals surface area contributed by atoms with Gasteiger partial charge in [0.2, 0.25) is 0 Å². The fourth-order valence-corrected chi connectivity index (χ4v) is 4.06. The Balaban J connectivity index is 1.28. The molecule has 178 valence electrons. The molecule has 0 saturated carbocycles. The number of rotatable bonds is 5. The van der Waals surface area contributed by atoms with Gasteiger partial charge in [-0.2, -0.15) is 0 Å². The number of H-pyrrole nitrogens is 1. The summed E-state index contributed by atoms with van der Waals surface area (Å²) in [5.41, 5.74) is 1.09. The number of hydrogen-bond acceptors (Lipinski definition) is 7. The van der Waals surface area contributed by atoms with Crippen LogP contribution in [0.5, 0.6) is 0 Å². The fourth-order valence-electron chi connectivity index (χ4n) is 4.06. The molecule has 0 spiro atoms. The number of aliphatic hydroxyl groups excluding tert-OH is 1. The van der Waals surface area contributed by atoms with Crippen LogP contribution in [0, 0.1) is 6.92 Å². The average molecular weight is 459 g/mol. The van der Waals surface area contributed by atoms with Crippen molar-refractivity contribution in [1.29, 1.82) is 0 Å². The van der Waals surface area contributed by atoms with Crippen LogP contribution in [-0.4, -0.2) is 77.6 Å². The van der Waals surface area contributed by atoms with Crippen LogP contribution >= 0.6 is 0 Å². The maximum absolute atomic E-state index is 12.3. The molecule has 3 heterocycles. The van der Waals surface area contributed by atoms with Gasteiger partial charge in [-0.1, -0.05) is 0 Å². The monoisotopic (exact) mass is 458 g/mol. The largest absolute Gasteiger partial charge is 0.390 e. The van der Waals surface area contributed by atoms with Crippen molar-refractivity contribution in [2.75, 3.05) is 50.0 Å². The van der Waals surface area contributed by atoms with Crippen molar-refractivity contribution in [1.82, 2.24) is 19.8 Å². The molecular weight excluding hydrogens is 428 g/mol. The number of aromatic nitrogens is 2. The number of hydrogen-bond donors (Lipinski definition) is 4. The highest BCUT2D eigenvalue weighted by atomic mass is 16.5. The van der Waals surface area contributed by atoms with Crippen LogP contribution in [-0.2, 0) is 4.74 Å². The summed E-state index contributed by atoms with van der Waals surface area (Å²) in [5.74, 6) is 0. The zero-order valence-electron chi connectivity index (χ0n) is 18.8. The molecule has 2 amide bonds. The van der Waals surface area contributed by atoms with Crippen LogP contribution in [0.3, 0.4) is 0 Å². The molecule has 4 rings (SSSR count). The molecule has 1 aromatic carbocycles. The normalized spacial score (nSPS) is 23.5. The molecular formula is C22H30N6O5. The number of amides is 2. The Morgan fingerprint density at radius 2 is 1.88 bits per heavy atom. The molecule has 0 unspecified atom stereocenters. The molecule has 4 N–H and O–H groups in total. The first-order valence-electron chi connectivity index (χ1n) is 11.0. The van der Waals surface area contributed by atoms with Gasteiger partial charge in [0, 0.05) is 62.3 Å². The number of carbonyl (C=O) groups is 1. The van der Waals surface area contributed by atoms with Gasteiger partial charge in [0.25, 0.3) is 5.56 Å². The Hall–Kier alpha value is -3.15. The standard InChI is InChI=1S/C22H30N6O5/c1-14-13-28(22(32)25-20(14)30)19-11-17(29)18(33-19)12-23-21(31)24-15-3-5-16(6-4-15)27-9-7-26(2)8-10-27/h3-6,13,17-19,29H,7-12H2,1-2H3,(H2,23,24,31)(H,25,30,32)/t17-,18+,19+/m0/s1. The molecule has 2 aromatic rings. The number of nitrogens with zero attached hydrogens (tertiary/aromatic N) is 3. The summed E-state index contributed by atoms with van der Waals surface area (Å²) in [6, 6.07) is 7.27. The van der Waals surface area contributed by atoms with Crippen molar-refractivity contribution < 1.29 is 14.6 Å². The van der Waals surface area contributed by atoms with Gasteiger partial charge in [-0.15, -0.1) is 0 Å². The molecule has 2 saturated heterocycles. The fraction of sp³-hybridized carbons (Fsp3) is 0.500. The maximum atomic E-state index is 12.3. The first-order chi connectivity index (χ1) is 15.8. The molecule has 2 aliphatic heterocycles. The summed E-state index contributed by atoms with van der Waals surface area (Å²) in [7, 11) is 2.11. The van der Waals surface area contributed by atoms with E-state index in [9.17, 15) is 19.5 Å². The topological polar surface area (TPSA) is 132 Å². The lowest BCUT2D eigenvalue weighted by Crippen LogP contribution is -2.44. The van der Waals surface area contributed by atoms with E-state index in [1.54, 1.807) is 6.92 Å². The highest BCUT2D eigenvalue weighted by Gasteiger charge is 2.35. The van der Waals surface area contributed by atoms with Gasteiger partial charge >= 0.3 is 11.7 Å². The van der Waals surface area contributed by atoms with E-state index in [-0.39, 0.29) is 13.0 Å². The quantitative estimate of drug-likeness (QED) is 0.498. The molecule has 1 aromatic heterocycles. The van der Waals surface area contributed by atoms with E-state index >= 15 is 0 Å². The summed E-state index contributed by atoms with van der Waals surface area (Å²) < 4.78 is 7.02. The second-order valence-electron chi connectivity index (χ2n) is 8.58. The van der Waals surface area contributed by atoms with E-state index in [1.165, 1.54) is 10.8 Å². The van der Waals surface area contributed by atoms with E-state index in [0.29, 0.717) is 11.3 Å². The SMILES string of the molecule is Cc1cn([C@H]2C[C@H](O)[C@@H](CNC(=O)Nc3ccc(N4CCN(C)CC4)cc3)O2)c(=O)[nH]c1=O. The number of ether oxygens (including phenoxy) is 1. The van der Waals surface area contributed by atoms with Crippen LogP contribution in [0.4, 0.5) is 16.2 Å². The second kappa shape index (κ2) is 9.77. The maximum Gasteiger partial charge on any atom is 0.330 e. The number of likely N-dealkylation sites (N-methyl/N-ethyl adjacent to an activating group) is 1. The van der Waals surface area contributed by atoms with Gasteiger partial charge in [0.1, 0.15) is 12.3 Å². The minimum absolute atomic E-state index is 0.0694. The first-order valence-corrected chi connectivity index (χ1v) is 11.0. The molecule has 11 nitrogen and oxygen atoms in total. The number of carbonyl (C=O) groups excluding carboxylic acids is 1. The van der Waals surface area contributed by atoms with Crippen LogP contribution < -0.4 is 26.8 Å². The predicted molar refractivity (Wildman–Crippen MR) is 124 cm³/mol. The van der Waals surface area contributed by atoms with E-state index < -0.39 is 35.7 Å². The number of aromatic amines is 1. The van der Waals surface area contributed by atoms with E-state index in [2.05, 4.69) is 32.5 Å². The summed E-state index contributed by atoms with van der Waals surface area (Å²) in [5, 5.41) is 15.8. The number of benzene rings is 1. The number of urea groups is 1. The zero-order chi connectivity index (χ0) is 23.5. The highest BCUT2D eigenvalue weighted by molar-refractivity contribution is 5.89. The van der Waals surface area contributed by atoms with Crippen molar-refractivity contribution in [3.05, 3.63) is 56.9 Å². The summed E-state index contributed by atoms with van der Waals surface area (Å²) in [4.78, 5) is 42.8. The Bertz CT molecular complexity index is 1090. The molecule has 0 aliphatic carbocycles. The molecule has 3 atom stereocenters. The van der Waals surface area contributed by atoms with Crippen molar-refractivity contribution in [3.8, 4) is 0 Å². The smallest absolute Gasteiger partial charge is 0.330 e. The molecule has 11 heteroatoms. The lowest BCUT2D eigenvalue weighted by molar-refractivity contribution is -0.0178. The van der Waals surface area contributed by atoms with Gasteiger partial charge in [0.15, 0.2) is 0 Å². The third-order valence-corrected chi connectivity index (χ3v) is 6.12. The van der Waals surface area contributed by atoms with Gasteiger partial charge in [0.05, 0.1) is 6.10 Å². The zero-order valence-corrected chi connectivity index (χ0v) is 18.8. The van der Waals surface area contributed by atoms with Crippen molar-refractivity contribution in [3.63, 3.8) is 0 Å². The summed E-state index contributed by atoms with van der Waals surface area (Å²) >= 11 is 0. The van der Waals surface area contributed by atoms with E-state index in [0.717, 1.165) is 31.9 Å². The third kappa shape index (κ3) is 5.44. The van der Waals surface area contributed by atoms with Gasteiger partial charge < -0.3 is 30.3 Å². The molecule has 2 fully saturated rings. The Morgan fingerprint density at radius 3 is 2.58 bits per heavy atom. The Kier molecular flexibility index (Phi) is 6.82. The third-order valence-electron chi connectivity index (χ3n) is 6.12. The summed E-state index contributed by atoms with van der Waals surface area (Å²) in [6.07, 6.45) is -0.684. The van der Waals surface area contributed by atoms with Crippen LogP contribution in [0.25, 0.3) is 0 Å². The van der Waals surface area contributed by atoms with Gasteiger partial charge in [-0.25, -0.2) is 9.59 Å². The molecule has 2 aliphatic rings. The van der Waals surface area contributed by atoms with Crippen molar-refractivity contribution in [2.45, 2.75) is 31.8 Å². The van der Waals surface area contributed by atoms with Crippen LogP contribution in [0.15, 0.2) is 40.1 Å². The van der Waals surface area contributed by atoms with Crippen LogP contribution in [0.2, 0.25) is 0 Å². The average Bonchev–Trinajstić information content (AvgIpc) is 3.16. The first kappa shape index (κ1) is 23.0. The molecule has 0 bridgehead atoms. The van der Waals surface area contributed by atoms with Crippen molar-refractivity contribution >= 4 is 17.4 Å². The number of nitrogens with one attached hydrogen (secondary N) is 3. The number of anilines is 2. The minimum atomic E-state index is -0.864. The lowest BCUT2D eigenvalue weighted by atomic mass is 10.2. The van der Waals surface area contributed by atoms with E-state index in [1.807, 2.05) is 24.3 Å². The second-order valence-corrected chi connectivity index (χ2v) is 8.58. The van der Waals surface area contributed by atoms with E-state index in [4.69, 9.17) is 4.74 Å². The van der Waals surface area contributed by atoms with Gasteiger partial charge in [-0.3, -0.25) is 14.3 Å². The number of piperazine rings is 1. The molecule has 33 heavy (non-hydrogen) atoms. The Labute approximate surface area is 191 Å². The molecule has 0 radical (unpaired) electrons.